The molecule has 2 aromatic carbocycles. The lowest BCUT2D eigenvalue weighted by Gasteiger charge is -2.37. The molecular weight excluding hydrogens is 408 g/mol. The predicted molar refractivity (Wildman–Crippen MR) is 128 cm³/mol. The van der Waals surface area contributed by atoms with Gasteiger partial charge in [0.25, 0.3) is 0 Å². The number of hydrogen-bond donors (Lipinski definition) is 0. The highest BCUT2D eigenvalue weighted by Gasteiger charge is 2.24. The molecule has 0 N–H and O–H groups in total. The Morgan fingerprint density at radius 2 is 1.58 bits per heavy atom. The molecule has 1 amide bonds. The van der Waals surface area contributed by atoms with Crippen LogP contribution in [0.3, 0.4) is 0 Å². The summed E-state index contributed by atoms with van der Waals surface area (Å²) in [4.78, 5) is 22.2. The Balaban J connectivity index is 1.22. The van der Waals surface area contributed by atoms with Crippen LogP contribution >= 0.6 is 11.6 Å². The second kappa shape index (κ2) is 10.5. The Bertz CT molecular complexity index is 864. The highest BCUT2D eigenvalue weighted by atomic mass is 35.5. The van der Waals surface area contributed by atoms with E-state index in [1.165, 1.54) is 16.8 Å². The van der Waals surface area contributed by atoms with E-state index in [0.717, 1.165) is 70.3 Å². The molecule has 2 saturated heterocycles. The van der Waals surface area contributed by atoms with Gasteiger partial charge in [-0.15, -0.1) is 0 Å². The molecule has 166 valence electrons. The third-order valence-electron chi connectivity index (χ3n) is 6.36. The molecule has 6 heteroatoms. The fraction of sp³-hybridized carbons (Fsp3) is 0.480. The van der Waals surface area contributed by atoms with Gasteiger partial charge in [0.15, 0.2) is 0 Å². The highest BCUT2D eigenvalue weighted by Crippen LogP contribution is 2.18. The number of aryl methyl sites for hydroxylation is 1. The van der Waals surface area contributed by atoms with Gasteiger partial charge >= 0.3 is 0 Å². The standard InChI is InChI=1S/C25H33ClN4O/c1-21-4-2-5-24(18-21)29-14-16-30(17-15-29)25(31)20-28-11-3-10-27(12-13-28)19-22-6-8-23(26)9-7-22/h2,4-9,18H,3,10-17,19-20H2,1H3. The van der Waals surface area contributed by atoms with Crippen LogP contribution in [0.5, 0.6) is 0 Å². The van der Waals surface area contributed by atoms with Gasteiger partial charge in [-0.2, -0.15) is 0 Å². The summed E-state index contributed by atoms with van der Waals surface area (Å²) in [6.07, 6.45) is 1.10. The summed E-state index contributed by atoms with van der Waals surface area (Å²) in [7, 11) is 0. The Labute approximate surface area is 191 Å². The summed E-state index contributed by atoms with van der Waals surface area (Å²) >= 11 is 6.00. The molecule has 0 atom stereocenters. The molecule has 2 aliphatic heterocycles. The Morgan fingerprint density at radius 3 is 2.32 bits per heavy atom. The van der Waals surface area contributed by atoms with Crippen LogP contribution in [0.4, 0.5) is 5.69 Å². The first-order chi connectivity index (χ1) is 15.1. The van der Waals surface area contributed by atoms with Gasteiger partial charge in [-0.3, -0.25) is 14.6 Å². The second-order valence-electron chi connectivity index (χ2n) is 8.74. The third-order valence-corrected chi connectivity index (χ3v) is 6.61. The Morgan fingerprint density at radius 1 is 0.871 bits per heavy atom. The van der Waals surface area contributed by atoms with E-state index in [1.807, 2.05) is 17.0 Å². The van der Waals surface area contributed by atoms with E-state index in [2.05, 4.69) is 58.0 Å². The minimum atomic E-state index is 0.273. The van der Waals surface area contributed by atoms with Crippen molar-refractivity contribution in [1.82, 2.24) is 14.7 Å². The topological polar surface area (TPSA) is 30.0 Å². The first-order valence-electron chi connectivity index (χ1n) is 11.4. The number of amides is 1. The van der Waals surface area contributed by atoms with Gasteiger partial charge < -0.3 is 9.80 Å². The van der Waals surface area contributed by atoms with Crippen molar-refractivity contribution in [1.29, 1.82) is 0 Å². The summed E-state index contributed by atoms with van der Waals surface area (Å²) < 4.78 is 0. The van der Waals surface area contributed by atoms with Crippen molar-refractivity contribution in [2.24, 2.45) is 0 Å². The molecule has 2 heterocycles. The first kappa shape index (κ1) is 22.1. The van der Waals surface area contributed by atoms with E-state index in [4.69, 9.17) is 11.6 Å². The molecule has 2 aromatic rings. The van der Waals surface area contributed by atoms with Crippen LogP contribution < -0.4 is 4.90 Å². The number of carbonyl (C=O) groups is 1. The van der Waals surface area contributed by atoms with Gasteiger partial charge in [-0.1, -0.05) is 35.9 Å². The maximum absolute atomic E-state index is 12.9. The highest BCUT2D eigenvalue weighted by molar-refractivity contribution is 6.30. The van der Waals surface area contributed by atoms with Gasteiger partial charge in [0.2, 0.25) is 5.91 Å². The number of benzene rings is 2. The van der Waals surface area contributed by atoms with Crippen molar-refractivity contribution in [3.63, 3.8) is 0 Å². The van der Waals surface area contributed by atoms with Crippen molar-refractivity contribution in [3.05, 3.63) is 64.7 Å². The van der Waals surface area contributed by atoms with Gasteiger partial charge in [0.05, 0.1) is 6.54 Å². The molecule has 0 saturated carbocycles. The number of carbonyl (C=O) groups excluding carboxylic acids is 1. The molecule has 0 spiro atoms. The lowest BCUT2D eigenvalue weighted by molar-refractivity contribution is -0.132. The molecule has 4 rings (SSSR count). The quantitative estimate of drug-likeness (QED) is 0.711. The van der Waals surface area contributed by atoms with Gasteiger partial charge in [0, 0.05) is 56.5 Å². The van der Waals surface area contributed by atoms with Crippen molar-refractivity contribution >= 4 is 23.2 Å². The summed E-state index contributed by atoms with van der Waals surface area (Å²) in [5.41, 5.74) is 3.84. The maximum Gasteiger partial charge on any atom is 0.236 e. The van der Waals surface area contributed by atoms with Gasteiger partial charge in [-0.05, 0) is 61.8 Å². The van der Waals surface area contributed by atoms with Crippen LogP contribution in [0.25, 0.3) is 0 Å². The van der Waals surface area contributed by atoms with Crippen molar-refractivity contribution < 1.29 is 4.79 Å². The van der Waals surface area contributed by atoms with E-state index in [0.29, 0.717) is 6.54 Å². The summed E-state index contributed by atoms with van der Waals surface area (Å²) in [6, 6.07) is 16.7. The number of halogens is 1. The average Bonchev–Trinajstić information content (AvgIpc) is 3.00. The van der Waals surface area contributed by atoms with E-state index in [-0.39, 0.29) is 5.91 Å². The molecule has 0 aromatic heterocycles. The van der Waals surface area contributed by atoms with Gasteiger partial charge in [-0.25, -0.2) is 0 Å². The average molecular weight is 441 g/mol. The molecule has 0 radical (unpaired) electrons. The predicted octanol–water partition coefficient (Wildman–Crippen LogP) is 3.50. The van der Waals surface area contributed by atoms with Crippen LogP contribution in [-0.2, 0) is 11.3 Å². The second-order valence-corrected chi connectivity index (χ2v) is 9.18. The first-order valence-corrected chi connectivity index (χ1v) is 11.7. The van der Waals surface area contributed by atoms with Crippen LogP contribution in [0.15, 0.2) is 48.5 Å². The molecule has 31 heavy (non-hydrogen) atoms. The normalized spacial score (nSPS) is 18.8. The van der Waals surface area contributed by atoms with Crippen LogP contribution in [-0.4, -0.2) is 79.5 Å². The van der Waals surface area contributed by atoms with E-state index < -0.39 is 0 Å². The van der Waals surface area contributed by atoms with Crippen molar-refractivity contribution in [2.75, 3.05) is 63.8 Å². The SMILES string of the molecule is Cc1cccc(N2CCN(C(=O)CN3CCCN(Cc4ccc(Cl)cc4)CC3)CC2)c1. The summed E-state index contributed by atoms with van der Waals surface area (Å²) in [5.74, 6) is 0.273. The number of nitrogens with zero attached hydrogens (tertiary/aromatic N) is 4. The summed E-state index contributed by atoms with van der Waals surface area (Å²) in [6.45, 7) is 11.1. The number of rotatable bonds is 5. The lowest BCUT2D eigenvalue weighted by atomic mass is 10.2. The molecule has 0 unspecified atom stereocenters. The zero-order valence-electron chi connectivity index (χ0n) is 18.5. The minimum absolute atomic E-state index is 0.273. The van der Waals surface area contributed by atoms with E-state index >= 15 is 0 Å². The monoisotopic (exact) mass is 440 g/mol. The Hall–Kier alpha value is -2.08. The smallest absolute Gasteiger partial charge is 0.236 e. The lowest BCUT2D eigenvalue weighted by Crippen LogP contribution is -2.51. The molecular formula is C25H33ClN4O. The minimum Gasteiger partial charge on any atom is -0.368 e. The molecule has 0 aliphatic carbocycles. The molecule has 0 bridgehead atoms. The van der Waals surface area contributed by atoms with Crippen LogP contribution in [0.2, 0.25) is 5.02 Å². The number of piperazine rings is 1. The van der Waals surface area contributed by atoms with Crippen molar-refractivity contribution in [3.8, 4) is 0 Å². The zero-order valence-corrected chi connectivity index (χ0v) is 19.2. The van der Waals surface area contributed by atoms with Crippen molar-refractivity contribution in [2.45, 2.75) is 19.9 Å². The number of hydrogen-bond acceptors (Lipinski definition) is 4. The fourth-order valence-electron chi connectivity index (χ4n) is 4.52. The third kappa shape index (κ3) is 6.22. The molecule has 2 fully saturated rings. The maximum atomic E-state index is 12.9. The van der Waals surface area contributed by atoms with Crippen LogP contribution in [0, 0.1) is 6.92 Å². The van der Waals surface area contributed by atoms with E-state index in [1.54, 1.807) is 0 Å². The Kier molecular flexibility index (Phi) is 7.49. The van der Waals surface area contributed by atoms with Crippen LogP contribution in [0.1, 0.15) is 17.5 Å². The molecule has 5 nitrogen and oxygen atoms in total. The summed E-state index contributed by atoms with van der Waals surface area (Å²) in [5, 5.41) is 0.781. The number of anilines is 1. The largest absolute Gasteiger partial charge is 0.368 e. The van der Waals surface area contributed by atoms with E-state index in [9.17, 15) is 4.79 Å². The van der Waals surface area contributed by atoms with Gasteiger partial charge in [0.1, 0.15) is 0 Å². The zero-order chi connectivity index (χ0) is 21.6. The molecule has 2 aliphatic rings. The fourth-order valence-corrected chi connectivity index (χ4v) is 4.64.